The van der Waals surface area contributed by atoms with Crippen LogP contribution in [0.5, 0.6) is 0 Å². The summed E-state index contributed by atoms with van der Waals surface area (Å²) in [5, 5.41) is 9.20. The molecule has 242 valence electrons. The molecule has 3 aliphatic heterocycles. The van der Waals surface area contributed by atoms with Crippen LogP contribution in [0.1, 0.15) is 71.6 Å². The molecule has 1 N–H and O–H groups in total. The lowest BCUT2D eigenvalue weighted by atomic mass is 9.70. The number of allylic oxidation sites excluding steroid dienone is 1. The zero-order valence-corrected chi connectivity index (χ0v) is 26.6. The third-order valence-corrected chi connectivity index (χ3v) is 9.53. The summed E-state index contributed by atoms with van der Waals surface area (Å²) in [6.45, 7) is 14.7. The Bertz CT molecular complexity index is 1150. The molecule has 4 rings (SSSR count). The Hall–Kier alpha value is -3.17. The topological polar surface area (TPSA) is 99.6 Å². The molecule has 44 heavy (non-hydrogen) atoms. The van der Waals surface area contributed by atoms with Crippen molar-refractivity contribution in [1.29, 1.82) is 0 Å². The molecule has 3 heterocycles. The Balaban J connectivity index is 1.63. The Kier molecular flexibility index (Phi) is 12.0. The predicted octanol–water partition coefficient (Wildman–Crippen LogP) is 4.88. The number of hydrogen-bond acceptors (Lipinski definition) is 7. The van der Waals surface area contributed by atoms with Gasteiger partial charge in [0.25, 0.3) is 5.91 Å². The van der Waals surface area contributed by atoms with Gasteiger partial charge in [0, 0.05) is 44.2 Å². The molecule has 5 atom stereocenters. The fraction of sp³-hybridized carbons (Fsp3) is 0.629. The second-order valence-electron chi connectivity index (χ2n) is 12.1. The van der Waals surface area contributed by atoms with E-state index in [4.69, 9.17) is 9.47 Å². The van der Waals surface area contributed by atoms with Crippen molar-refractivity contribution >= 4 is 29.2 Å². The summed E-state index contributed by atoms with van der Waals surface area (Å²) < 4.78 is 12.3. The highest BCUT2D eigenvalue weighted by molar-refractivity contribution is 6.04. The van der Waals surface area contributed by atoms with Crippen molar-refractivity contribution in [2.45, 2.75) is 89.4 Å². The van der Waals surface area contributed by atoms with Gasteiger partial charge in [0.1, 0.15) is 11.6 Å². The molecular weight excluding hydrogens is 558 g/mol. The maximum absolute atomic E-state index is 14.7. The molecule has 1 aromatic carbocycles. The van der Waals surface area contributed by atoms with Gasteiger partial charge in [-0.2, -0.15) is 0 Å². The number of hydrogen-bond donors (Lipinski definition) is 1. The number of rotatable bonds is 19. The van der Waals surface area contributed by atoms with Gasteiger partial charge in [-0.1, -0.05) is 25.0 Å². The van der Waals surface area contributed by atoms with Crippen LogP contribution >= 0.6 is 0 Å². The van der Waals surface area contributed by atoms with Gasteiger partial charge < -0.3 is 29.3 Å². The van der Waals surface area contributed by atoms with Gasteiger partial charge in [0.15, 0.2) is 0 Å². The summed E-state index contributed by atoms with van der Waals surface area (Å²) in [7, 11) is 0. The summed E-state index contributed by atoms with van der Waals surface area (Å²) in [5.74, 6) is -2.28. The van der Waals surface area contributed by atoms with Gasteiger partial charge in [-0.3, -0.25) is 14.4 Å². The summed E-state index contributed by atoms with van der Waals surface area (Å²) in [6, 6.07) is 7.07. The summed E-state index contributed by atoms with van der Waals surface area (Å²) >= 11 is 0. The fourth-order valence-corrected chi connectivity index (χ4v) is 7.38. The number of amides is 2. The Morgan fingerprint density at radius 1 is 1.05 bits per heavy atom. The first-order valence-electron chi connectivity index (χ1n) is 16.5. The number of ether oxygens (including phenoxy) is 2. The van der Waals surface area contributed by atoms with Crippen molar-refractivity contribution < 1.29 is 29.0 Å². The number of esters is 1. The lowest BCUT2D eigenvalue weighted by molar-refractivity contribution is -0.155. The number of carbonyl (C=O) groups is 3. The zero-order chi connectivity index (χ0) is 31.7. The van der Waals surface area contributed by atoms with E-state index in [9.17, 15) is 19.5 Å². The molecule has 1 aromatic rings. The number of fused-ring (bicyclic) bond motifs is 1. The molecule has 9 nitrogen and oxygen atoms in total. The maximum Gasteiger partial charge on any atom is 0.312 e. The Morgan fingerprint density at radius 2 is 1.75 bits per heavy atom. The maximum atomic E-state index is 14.7. The second-order valence-corrected chi connectivity index (χ2v) is 12.1. The number of nitrogens with zero attached hydrogens (tertiary/aromatic N) is 3. The molecule has 0 saturated carbocycles. The average molecular weight is 610 g/mol. The smallest absolute Gasteiger partial charge is 0.312 e. The number of carbonyl (C=O) groups excluding carboxylic acids is 3. The lowest BCUT2D eigenvalue weighted by Gasteiger charge is -2.37. The molecule has 3 fully saturated rings. The lowest BCUT2D eigenvalue weighted by Crippen LogP contribution is -2.56. The van der Waals surface area contributed by atoms with Crippen LogP contribution in [-0.4, -0.2) is 84.9 Å². The van der Waals surface area contributed by atoms with Crippen molar-refractivity contribution in [1.82, 2.24) is 4.90 Å². The number of benzene rings is 1. The highest BCUT2D eigenvalue weighted by Crippen LogP contribution is 2.59. The van der Waals surface area contributed by atoms with Crippen LogP contribution in [0.4, 0.5) is 11.4 Å². The van der Waals surface area contributed by atoms with Crippen molar-refractivity contribution in [3.8, 4) is 0 Å². The van der Waals surface area contributed by atoms with Crippen LogP contribution in [0.3, 0.4) is 0 Å². The van der Waals surface area contributed by atoms with Crippen LogP contribution < -0.4 is 9.80 Å². The third kappa shape index (κ3) is 6.74. The molecule has 0 aromatic heterocycles. The standard InChI is InChI=1S/C35H51N3O6/c1-5-9-10-15-25-43-34(42)29-28-20-21-35(44-28)30(29)32(40)38(23-13-11-12-14-24-39)31(35)33(41)37(22-6-2)27-18-16-26(17-19-27)36(7-3)8-4/h5-6,16-19,28-31,39H,1-2,7-15,20-25H2,3-4H3/t28-,29+,30+,31?,35?/m1/s1. The zero-order valence-electron chi connectivity index (χ0n) is 26.6. The minimum absolute atomic E-state index is 0.130. The van der Waals surface area contributed by atoms with Gasteiger partial charge in [-0.25, -0.2) is 0 Å². The van der Waals surface area contributed by atoms with Crippen LogP contribution in [0.15, 0.2) is 49.6 Å². The van der Waals surface area contributed by atoms with E-state index < -0.39 is 35.6 Å². The molecular formula is C35H51N3O6. The number of unbranched alkanes of at least 4 members (excludes halogenated alkanes) is 5. The van der Waals surface area contributed by atoms with Gasteiger partial charge in [0.05, 0.1) is 24.5 Å². The van der Waals surface area contributed by atoms with Crippen LogP contribution in [0.2, 0.25) is 0 Å². The van der Waals surface area contributed by atoms with Crippen LogP contribution in [-0.2, 0) is 23.9 Å². The van der Waals surface area contributed by atoms with Gasteiger partial charge >= 0.3 is 5.97 Å². The first kappa shape index (κ1) is 33.7. The largest absolute Gasteiger partial charge is 0.465 e. The Morgan fingerprint density at radius 3 is 2.41 bits per heavy atom. The number of likely N-dealkylation sites (tertiary alicyclic amines) is 1. The number of anilines is 2. The van der Waals surface area contributed by atoms with Gasteiger partial charge in [-0.15, -0.1) is 13.2 Å². The highest BCUT2D eigenvalue weighted by Gasteiger charge is 2.75. The SMILES string of the molecule is C=CCCCCOC(=O)[C@@H]1[C@H]2C(=O)N(CCCCCCO)C(C(=O)N(CC=C)c3ccc(N(CC)CC)cc3)C23CC[C@H]1O3. The summed E-state index contributed by atoms with van der Waals surface area (Å²) in [6.07, 6.45) is 9.77. The number of aliphatic hydroxyl groups excluding tert-OH is 1. The van der Waals surface area contributed by atoms with E-state index in [2.05, 4.69) is 31.9 Å². The normalized spacial score (nSPS) is 25.2. The van der Waals surface area contributed by atoms with Crippen molar-refractivity contribution in [3.63, 3.8) is 0 Å². The van der Waals surface area contributed by atoms with E-state index in [1.807, 2.05) is 30.3 Å². The van der Waals surface area contributed by atoms with Crippen molar-refractivity contribution in [2.24, 2.45) is 11.8 Å². The van der Waals surface area contributed by atoms with E-state index >= 15 is 0 Å². The van der Waals surface area contributed by atoms with Crippen molar-refractivity contribution in [3.05, 3.63) is 49.6 Å². The first-order valence-corrected chi connectivity index (χ1v) is 16.5. The van der Waals surface area contributed by atoms with Crippen LogP contribution in [0, 0.1) is 11.8 Å². The molecule has 2 bridgehead atoms. The molecule has 9 heteroatoms. The summed E-state index contributed by atoms with van der Waals surface area (Å²) in [4.78, 5) is 47.9. The van der Waals surface area contributed by atoms with Gasteiger partial charge in [0.2, 0.25) is 5.91 Å². The molecule has 3 saturated heterocycles. The fourth-order valence-electron chi connectivity index (χ4n) is 7.38. The minimum Gasteiger partial charge on any atom is -0.465 e. The molecule has 1 spiro atoms. The number of aliphatic hydroxyl groups is 1. The van der Waals surface area contributed by atoms with E-state index in [-0.39, 0.29) is 31.6 Å². The Labute approximate surface area is 262 Å². The van der Waals surface area contributed by atoms with E-state index in [1.54, 1.807) is 15.9 Å². The van der Waals surface area contributed by atoms with Gasteiger partial charge in [-0.05, 0) is 83.1 Å². The monoisotopic (exact) mass is 609 g/mol. The van der Waals surface area contributed by atoms with E-state index in [1.165, 1.54) is 0 Å². The predicted molar refractivity (Wildman–Crippen MR) is 172 cm³/mol. The van der Waals surface area contributed by atoms with E-state index in [0.29, 0.717) is 32.2 Å². The van der Waals surface area contributed by atoms with Crippen LogP contribution in [0.25, 0.3) is 0 Å². The molecule has 2 amide bonds. The molecule has 0 aliphatic carbocycles. The van der Waals surface area contributed by atoms with E-state index in [0.717, 1.165) is 56.6 Å². The molecule has 0 radical (unpaired) electrons. The second kappa shape index (κ2) is 15.7. The third-order valence-electron chi connectivity index (χ3n) is 9.53. The molecule has 3 aliphatic rings. The quantitative estimate of drug-likeness (QED) is 0.136. The molecule has 2 unspecified atom stereocenters. The summed E-state index contributed by atoms with van der Waals surface area (Å²) in [5.41, 5.74) is 0.730. The first-order chi connectivity index (χ1) is 21.4. The highest BCUT2D eigenvalue weighted by atomic mass is 16.6. The average Bonchev–Trinajstić information content (AvgIpc) is 3.67. The minimum atomic E-state index is -1.07. The van der Waals surface area contributed by atoms with Crippen molar-refractivity contribution in [2.75, 3.05) is 49.2 Å².